The first-order chi connectivity index (χ1) is 7.67. The van der Waals surface area contributed by atoms with Gasteiger partial charge in [0, 0.05) is 11.5 Å². The van der Waals surface area contributed by atoms with Crippen LogP contribution in [0, 0.1) is 17.7 Å². The molecule has 0 saturated carbocycles. The maximum Gasteiger partial charge on any atom is 0.384 e. The zero-order valence-corrected chi connectivity index (χ0v) is 8.62. The molecule has 3 nitrogen and oxygen atoms in total. The fourth-order valence-corrected chi connectivity index (χ4v) is 0.998. The predicted molar refractivity (Wildman–Crippen MR) is 55.3 cm³/mol. The Morgan fingerprint density at radius 1 is 1.56 bits per heavy atom. The van der Waals surface area contributed by atoms with Crippen LogP contribution in [0.2, 0.25) is 0 Å². The zero-order valence-electron chi connectivity index (χ0n) is 8.62. The monoisotopic (exact) mass is 220 g/mol. The van der Waals surface area contributed by atoms with E-state index in [2.05, 4.69) is 16.6 Å². The van der Waals surface area contributed by atoms with Crippen molar-refractivity contribution in [2.75, 3.05) is 6.61 Å². The Morgan fingerprint density at radius 3 is 2.94 bits per heavy atom. The van der Waals surface area contributed by atoms with Crippen molar-refractivity contribution < 1.29 is 18.7 Å². The number of benzene rings is 1. The van der Waals surface area contributed by atoms with Crippen LogP contribution in [0.1, 0.15) is 22.8 Å². The summed E-state index contributed by atoms with van der Waals surface area (Å²) in [6.07, 6.45) is 0.578. The van der Waals surface area contributed by atoms with Crippen LogP contribution in [0.5, 0.6) is 0 Å². The summed E-state index contributed by atoms with van der Waals surface area (Å²) in [5.74, 6) is 3.13. The SMILES string of the molecule is CCOC(=O)C#Cc1cc(C=O)ccc1F. The minimum atomic E-state index is -0.724. The fourth-order valence-electron chi connectivity index (χ4n) is 0.998. The van der Waals surface area contributed by atoms with Gasteiger partial charge in [-0.3, -0.25) is 4.79 Å². The summed E-state index contributed by atoms with van der Waals surface area (Å²) in [5, 5.41) is 0. The van der Waals surface area contributed by atoms with E-state index < -0.39 is 11.8 Å². The van der Waals surface area contributed by atoms with E-state index in [0.717, 1.165) is 6.07 Å². The van der Waals surface area contributed by atoms with Gasteiger partial charge in [0.1, 0.15) is 12.1 Å². The zero-order chi connectivity index (χ0) is 12.0. The molecule has 0 radical (unpaired) electrons. The minimum absolute atomic E-state index is 0.00217. The Morgan fingerprint density at radius 2 is 2.31 bits per heavy atom. The first-order valence-corrected chi connectivity index (χ1v) is 4.61. The second-order valence-corrected chi connectivity index (χ2v) is 2.83. The first-order valence-electron chi connectivity index (χ1n) is 4.61. The van der Waals surface area contributed by atoms with Crippen molar-refractivity contribution in [2.45, 2.75) is 6.92 Å². The molecular weight excluding hydrogens is 211 g/mol. The van der Waals surface area contributed by atoms with Crippen LogP contribution in [0.4, 0.5) is 4.39 Å². The van der Waals surface area contributed by atoms with E-state index in [-0.39, 0.29) is 12.2 Å². The number of rotatable bonds is 2. The molecule has 4 heteroatoms. The predicted octanol–water partition coefficient (Wildman–Crippen LogP) is 1.55. The molecule has 0 fully saturated rings. The van der Waals surface area contributed by atoms with Crippen LogP contribution in [0.3, 0.4) is 0 Å². The molecule has 0 N–H and O–H groups in total. The number of hydrogen-bond acceptors (Lipinski definition) is 3. The lowest BCUT2D eigenvalue weighted by atomic mass is 10.1. The summed E-state index contributed by atoms with van der Waals surface area (Å²) in [7, 11) is 0. The van der Waals surface area contributed by atoms with Gasteiger partial charge in [0.05, 0.1) is 12.2 Å². The third-order valence-corrected chi connectivity index (χ3v) is 1.70. The van der Waals surface area contributed by atoms with Crippen LogP contribution in [-0.2, 0) is 9.53 Å². The molecule has 1 rings (SSSR count). The lowest BCUT2D eigenvalue weighted by molar-refractivity contribution is -0.136. The third-order valence-electron chi connectivity index (χ3n) is 1.70. The van der Waals surface area contributed by atoms with Gasteiger partial charge >= 0.3 is 5.97 Å². The van der Waals surface area contributed by atoms with Gasteiger partial charge in [-0.2, -0.15) is 0 Å². The van der Waals surface area contributed by atoms with Gasteiger partial charge in [0.15, 0.2) is 0 Å². The largest absolute Gasteiger partial charge is 0.456 e. The molecule has 0 aliphatic heterocycles. The molecule has 0 spiro atoms. The smallest absolute Gasteiger partial charge is 0.384 e. The highest BCUT2D eigenvalue weighted by Crippen LogP contribution is 2.07. The first kappa shape index (κ1) is 11.9. The second kappa shape index (κ2) is 5.66. The van der Waals surface area contributed by atoms with Crippen molar-refractivity contribution in [1.29, 1.82) is 0 Å². The van der Waals surface area contributed by atoms with Crippen LogP contribution in [0.15, 0.2) is 18.2 Å². The number of ether oxygens (including phenoxy) is 1. The molecule has 82 valence electrons. The summed E-state index contributed by atoms with van der Waals surface area (Å²) >= 11 is 0. The summed E-state index contributed by atoms with van der Waals surface area (Å²) < 4.78 is 17.7. The molecule has 0 heterocycles. The van der Waals surface area contributed by atoms with Crippen LogP contribution in [0.25, 0.3) is 0 Å². The van der Waals surface area contributed by atoms with Gasteiger partial charge in [0.25, 0.3) is 0 Å². The Balaban J connectivity index is 2.95. The quantitative estimate of drug-likeness (QED) is 0.431. The van der Waals surface area contributed by atoms with Gasteiger partial charge < -0.3 is 4.74 Å². The number of esters is 1. The average Bonchev–Trinajstić information content (AvgIpc) is 2.28. The lowest BCUT2D eigenvalue weighted by Crippen LogP contribution is -1.99. The topological polar surface area (TPSA) is 43.4 Å². The number of hydrogen-bond donors (Lipinski definition) is 0. The van der Waals surface area contributed by atoms with Crippen LogP contribution in [-0.4, -0.2) is 18.9 Å². The lowest BCUT2D eigenvalue weighted by Gasteiger charge is -1.95. The van der Waals surface area contributed by atoms with E-state index in [1.54, 1.807) is 6.92 Å². The highest BCUT2D eigenvalue weighted by molar-refractivity contribution is 5.89. The molecular formula is C12H9FO3. The average molecular weight is 220 g/mol. The fraction of sp³-hybridized carbons (Fsp3) is 0.167. The Labute approximate surface area is 92.2 Å². The molecule has 0 aliphatic rings. The van der Waals surface area contributed by atoms with Crippen molar-refractivity contribution in [1.82, 2.24) is 0 Å². The number of aldehydes is 1. The Hall–Kier alpha value is -2.15. The molecule has 0 aromatic heterocycles. The van der Waals surface area contributed by atoms with E-state index in [9.17, 15) is 14.0 Å². The highest BCUT2D eigenvalue weighted by atomic mass is 19.1. The van der Waals surface area contributed by atoms with Gasteiger partial charge in [-0.15, -0.1) is 0 Å². The minimum Gasteiger partial charge on any atom is -0.456 e. The molecule has 1 aromatic carbocycles. The number of carbonyl (C=O) groups excluding carboxylic acids is 2. The van der Waals surface area contributed by atoms with E-state index >= 15 is 0 Å². The van der Waals surface area contributed by atoms with Gasteiger partial charge in [0.2, 0.25) is 0 Å². The van der Waals surface area contributed by atoms with Crippen molar-refractivity contribution in [2.24, 2.45) is 0 Å². The molecule has 1 aromatic rings. The molecule has 0 atom stereocenters. The number of carbonyl (C=O) groups is 2. The number of halogens is 1. The van der Waals surface area contributed by atoms with E-state index in [4.69, 9.17) is 0 Å². The van der Waals surface area contributed by atoms with E-state index in [1.165, 1.54) is 12.1 Å². The molecule has 16 heavy (non-hydrogen) atoms. The van der Waals surface area contributed by atoms with Crippen molar-refractivity contribution >= 4 is 12.3 Å². The normalized spacial score (nSPS) is 8.88. The maximum atomic E-state index is 13.2. The van der Waals surface area contributed by atoms with Gasteiger partial charge in [-0.1, -0.05) is 5.92 Å². The summed E-state index contributed by atoms with van der Waals surface area (Å²) in [6, 6.07) is 3.73. The van der Waals surface area contributed by atoms with E-state index in [1.807, 2.05) is 0 Å². The molecule has 0 unspecified atom stereocenters. The third kappa shape index (κ3) is 3.21. The highest BCUT2D eigenvalue weighted by Gasteiger charge is 2.01. The van der Waals surface area contributed by atoms with Crippen molar-refractivity contribution in [3.05, 3.63) is 35.1 Å². The maximum absolute atomic E-state index is 13.2. The van der Waals surface area contributed by atoms with Gasteiger partial charge in [-0.05, 0) is 25.1 Å². The summed E-state index contributed by atoms with van der Waals surface area (Å²) in [6.45, 7) is 1.86. The standard InChI is InChI=1S/C12H9FO3/c1-2-16-12(15)6-4-10-7-9(8-14)3-5-11(10)13/h3,5,7-8H,2H2,1H3. The van der Waals surface area contributed by atoms with Crippen LogP contribution < -0.4 is 0 Å². The van der Waals surface area contributed by atoms with Crippen molar-refractivity contribution in [3.63, 3.8) is 0 Å². The Bertz CT molecular complexity index is 469. The second-order valence-electron chi connectivity index (χ2n) is 2.83. The molecule has 0 amide bonds. The summed E-state index contributed by atoms with van der Waals surface area (Å²) in [5.41, 5.74) is 0.298. The van der Waals surface area contributed by atoms with Crippen LogP contribution >= 0.6 is 0 Å². The van der Waals surface area contributed by atoms with E-state index in [0.29, 0.717) is 11.8 Å². The van der Waals surface area contributed by atoms with Gasteiger partial charge in [-0.25, -0.2) is 9.18 Å². The molecule has 0 saturated heterocycles. The summed E-state index contributed by atoms with van der Waals surface area (Å²) in [4.78, 5) is 21.3. The van der Waals surface area contributed by atoms with Crippen molar-refractivity contribution in [3.8, 4) is 11.8 Å². The molecule has 0 aliphatic carbocycles. The molecule has 0 bridgehead atoms. The Kier molecular flexibility index (Phi) is 4.22.